The number of ether oxygens (including phenoxy) is 1. The quantitative estimate of drug-likeness (QED) is 0.249. The van der Waals surface area contributed by atoms with E-state index in [9.17, 15) is 9.59 Å². The summed E-state index contributed by atoms with van der Waals surface area (Å²) in [5.74, 6) is 0.618. The molecule has 2 aromatic rings. The average molecular weight is 627 g/mol. The predicted molar refractivity (Wildman–Crippen MR) is 145 cm³/mol. The van der Waals surface area contributed by atoms with Crippen LogP contribution in [0.5, 0.6) is 0 Å². The third-order valence-corrected chi connectivity index (χ3v) is 8.59. The minimum atomic E-state index is -0.184. The molecule has 35 heavy (non-hydrogen) atoms. The van der Waals surface area contributed by atoms with Crippen molar-refractivity contribution in [2.24, 2.45) is 5.92 Å². The molecular weight excluding hydrogens is 596 g/mol. The maximum Gasteiger partial charge on any atom is 0.305 e. The predicted octanol–water partition coefficient (Wildman–Crippen LogP) is 6.85. The van der Waals surface area contributed by atoms with Gasteiger partial charge in [-0.05, 0) is 95.3 Å². The molecule has 0 N–H and O–H groups in total. The van der Waals surface area contributed by atoms with E-state index in [2.05, 4.69) is 48.7 Å². The highest BCUT2D eigenvalue weighted by atomic mass is 79.9. The largest absolute Gasteiger partial charge is 0.469 e. The van der Waals surface area contributed by atoms with Gasteiger partial charge in [0, 0.05) is 52.0 Å². The number of carbonyl (C=O) groups is 2. The minimum absolute atomic E-state index is 0.179. The zero-order chi connectivity index (χ0) is 24.9. The van der Waals surface area contributed by atoms with Crippen LogP contribution < -0.4 is 0 Å². The zero-order valence-corrected chi connectivity index (χ0v) is 23.9. The summed E-state index contributed by atoms with van der Waals surface area (Å²) in [4.78, 5) is 31.0. The molecule has 0 unspecified atom stereocenters. The first-order chi connectivity index (χ1) is 16.9. The van der Waals surface area contributed by atoms with Gasteiger partial charge in [0.05, 0.1) is 12.8 Å². The van der Waals surface area contributed by atoms with Crippen molar-refractivity contribution < 1.29 is 14.3 Å². The molecule has 1 aromatic heterocycles. The fourth-order valence-corrected chi connectivity index (χ4v) is 6.99. The van der Waals surface area contributed by atoms with Crippen molar-refractivity contribution in [2.45, 2.75) is 63.7 Å². The number of unbranched alkanes of at least 4 members (excludes halogenated alkanes) is 2. The van der Waals surface area contributed by atoms with E-state index in [1.54, 1.807) is 0 Å². The standard InChI is InChI=1S/C27H31Br2ClN2O3/c1-35-24(34)6-4-2-3-5-23(33)32-11-9-17(10-12-32)26-25-18(14-21(30)15-22(25)29)7-8-19-13-20(28)16-31-27(19)26/h13-17,26H,2-12H2,1H3/t26-/m1/s1. The summed E-state index contributed by atoms with van der Waals surface area (Å²) in [6, 6.07) is 6.31. The number of hydrogen-bond acceptors (Lipinski definition) is 4. The summed E-state index contributed by atoms with van der Waals surface area (Å²) in [7, 11) is 1.41. The van der Waals surface area contributed by atoms with E-state index in [0.29, 0.717) is 18.8 Å². The summed E-state index contributed by atoms with van der Waals surface area (Å²) >= 11 is 13.8. The molecule has 1 amide bonds. The summed E-state index contributed by atoms with van der Waals surface area (Å²) in [5.41, 5.74) is 5.03. The molecule has 1 aromatic carbocycles. The highest BCUT2D eigenvalue weighted by Crippen LogP contribution is 2.46. The number of aromatic nitrogens is 1. The maximum absolute atomic E-state index is 12.8. The second kappa shape index (κ2) is 12.2. The van der Waals surface area contributed by atoms with Gasteiger partial charge in [0.1, 0.15) is 0 Å². The Labute approximate surface area is 229 Å². The number of carbonyl (C=O) groups excluding carboxylic acids is 2. The molecule has 1 atom stereocenters. The van der Waals surface area contributed by atoms with Crippen LogP contribution in [0.15, 0.2) is 33.3 Å². The van der Waals surface area contributed by atoms with E-state index in [4.69, 9.17) is 16.6 Å². The van der Waals surface area contributed by atoms with Crippen molar-refractivity contribution in [2.75, 3.05) is 20.2 Å². The number of rotatable bonds is 7. The summed E-state index contributed by atoms with van der Waals surface area (Å²) < 4.78 is 6.73. The highest BCUT2D eigenvalue weighted by molar-refractivity contribution is 9.10. The lowest BCUT2D eigenvalue weighted by molar-refractivity contribution is -0.140. The van der Waals surface area contributed by atoms with Crippen LogP contribution in [0, 0.1) is 5.92 Å². The van der Waals surface area contributed by atoms with Crippen LogP contribution in [-0.2, 0) is 27.2 Å². The first kappa shape index (κ1) is 26.6. The Morgan fingerprint density at radius 2 is 1.77 bits per heavy atom. The number of halogens is 3. The van der Waals surface area contributed by atoms with Crippen LogP contribution >= 0.6 is 43.5 Å². The Bertz CT molecular complexity index is 1090. The number of hydrogen-bond donors (Lipinski definition) is 0. The highest BCUT2D eigenvalue weighted by Gasteiger charge is 2.36. The molecule has 2 heterocycles. The van der Waals surface area contributed by atoms with Gasteiger partial charge < -0.3 is 9.64 Å². The first-order valence-electron chi connectivity index (χ1n) is 12.3. The van der Waals surface area contributed by atoms with Gasteiger partial charge in [-0.1, -0.05) is 34.0 Å². The Morgan fingerprint density at radius 3 is 2.51 bits per heavy atom. The molecule has 4 rings (SSSR count). The zero-order valence-electron chi connectivity index (χ0n) is 20.0. The van der Waals surface area contributed by atoms with Gasteiger partial charge in [-0.2, -0.15) is 0 Å². The van der Waals surface area contributed by atoms with E-state index in [1.807, 2.05) is 17.2 Å². The van der Waals surface area contributed by atoms with Crippen molar-refractivity contribution in [1.82, 2.24) is 9.88 Å². The Morgan fingerprint density at radius 1 is 1.06 bits per heavy atom. The molecule has 5 nitrogen and oxygen atoms in total. The molecule has 0 spiro atoms. The summed E-state index contributed by atoms with van der Waals surface area (Å²) in [6.07, 6.45) is 9.08. The molecular formula is C27H31Br2ClN2O3. The molecule has 1 aliphatic heterocycles. The van der Waals surface area contributed by atoms with Crippen molar-refractivity contribution in [3.63, 3.8) is 0 Å². The third kappa shape index (κ3) is 6.47. The SMILES string of the molecule is COC(=O)CCCCCC(=O)N1CCC([C@H]2c3ncc(Br)cc3CCc3cc(Cl)cc(Br)c32)CC1. The Balaban J connectivity index is 1.45. The lowest BCUT2D eigenvalue weighted by Crippen LogP contribution is -2.40. The van der Waals surface area contributed by atoms with Crippen molar-refractivity contribution in [3.8, 4) is 0 Å². The summed E-state index contributed by atoms with van der Waals surface area (Å²) in [6.45, 7) is 1.54. The molecule has 188 valence electrons. The molecule has 1 saturated heterocycles. The Hall–Kier alpha value is -1.44. The number of nitrogens with zero attached hydrogens (tertiary/aromatic N) is 2. The van der Waals surface area contributed by atoms with Crippen molar-refractivity contribution in [3.05, 3.63) is 60.7 Å². The number of methoxy groups -OCH3 is 1. The van der Waals surface area contributed by atoms with E-state index in [-0.39, 0.29) is 17.8 Å². The molecule has 0 saturated carbocycles. The summed E-state index contributed by atoms with van der Waals surface area (Å²) in [5, 5.41) is 0.751. The second-order valence-electron chi connectivity index (χ2n) is 9.49. The maximum atomic E-state index is 12.8. The fourth-order valence-electron chi connectivity index (χ4n) is 5.49. The number of fused-ring (bicyclic) bond motifs is 2. The third-order valence-electron chi connectivity index (χ3n) is 7.28. The monoisotopic (exact) mass is 624 g/mol. The van der Waals surface area contributed by atoms with Gasteiger partial charge in [0.2, 0.25) is 5.91 Å². The van der Waals surface area contributed by atoms with E-state index < -0.39 is 0 Å². The molecule has 8 heteroatoms. The molecule has 1 aliphatic carbocycles. The topological polar surface area (TPSA) is 59.5 Å². The van der Waals surface area contributed by atoms with Gasteiger partial charge in [-0.15, -0.1) is 0 Å². The second-order valence-corrected chi connectivity index (χ2v) is 11.7. The van der Waals surface area contributed by atoms with Crippen LogP contribution in [0.25, 0.3) is 0 Å². The van der Waals surface area contributed by atoms with Gasteiger partial charge in [0.15, 0.2) is 0 Å². The molecule has 1 fully saturated rings. The van der Waals surface area contributed by atoms with E-state index in [0.717, 1.165) is 77.7 Å². The van der Waals surface area contributed by atoms with Gasteiger partial charge >= 0.3 is 5.97 Å². The first-order valence-corrected chi connectivity index (χ1v) is 14.3. The molecule has 0 radical (unpaired) electrons. The number of piperidine rings is 1. The molecule has 0 bridgehead atoms. The van der Waals surface area contributed by atoms with Crippen molar-refractivity contribution in [1.29, 1.82) is 0 Å². The van der Waals surface area contributed by atoms with Gasteiger partial charge in [-0.3, -0.25) is 14.6 Å². The van der Waals surface area contributed by atoms with Crippen LogP contribution in [-0.4, -0.2) is 42.0 Å². The van der Waals surface area contributed by atoms with Crippen LogP contribution in [0.3, 0.4) is 0 Å². The van der Waals surface area contributed by atoms with Gasteiger partial charge in [0.25, 0.3) is 0 Å². The Kier molecular flexibility index (Phi) is 9.28. The van der Waals surface area contributed by atoms with E-state index in [1.165, 1.54) is 23.8 Å². The minimum Gasteiger partial charge on any atom is -0.469 e. The lowest BCUT2D eigenvalue weighted by atomic mass is 9.76. The van der Waals surface area contributed by atoms with Crippen molar-refractivity contribution >= 4 is 55.3 Å². The number of amides is 1. The van der Waals surface area contributed by atoms with Crippen LogP contribution in [0.2, 0.25) is 5.02 Å². The van der Waals surface area contributed by atoms with Gasteiger partial charge in [-0.25, -0.2) is 0 Å². The number of benzene rings is 1. The van der Waals surface area contributed by atoms with Crippen LogP contribution in [0.1, 0.15) is 73.2 Å². The number of aryl methyl sites for hydroxylation is 2. The van der Waals surface area contributed by atoms with Crippen LogP contribution in [0.4, 0.5) is 0 Å². The average Bonchev–Trinajstić information content (AvgIpc) is 3.00. The lowest BCUT2D eigenvalue weighted by Gasteiger charge is -2.37. The normalized spacial score (nSPS) is 17.9. The fraction of sp³-hybridized carbons (Fsp3) is 0.519. The smallest absolute Gasteiger partial charge is 0.305 e. The number of esters is 1. The van der Waals surface area contributed by atoms with E-state index >= 15 is 0 Å². The molecule has 2 aliphatic rings. The number of pyridine rings is 1. The number of likely N-dealkylation sites (tertiary alicyclic amines) is 1.